The van der Waals surface area contributed by atoms with E-state index in [9.17, 15) is 24.6 Å². The summed E-state index contributed by atoms with van der Waals surface area (Å²) in [6, 6.07) is 10.4. The summed E-state index contributed by atoms with van der Waals surface area (Å²) >= 11 is 0. The van der Waals surface area contributed by atoms with Gasteiger partial charge in [-0.05, 0) is 47.7 Å². The molecule has 2 aromatic carbocycles. The quantitative estimate of drug-likeness (QED) is 0.221. The number of carbonyl (C=O) groups is 3. The highest BCUT2D eigenvalue weighted by molar-refractivity contribution is 6.23. The zero-order valence-electron chi connectivity index (χ0n) is 18.7. The molecule has 1 aliphatic carbocycles. The summed E-state index contributed by atoms with van der Waals surface area (Å²) in [7, 11) is 0. The van der Waals surface area contributed by atoms with Crippen LogP contribution in [0.2, 0.25) is 0 Å². The summed E-state index contributed by atoms with van der Waals surface area (Å²) in [5.41, 5.74) is 4.07. The minimum absolute atomic E-state index is 0.112. The molecule has 0 radical (unpaired) electrons. The molecule has 35 heavy (non-hydrogen) atoms. The average Bonchev–Trinajstić information content (AvgIpc) is 3.46. The molecule has 3 aromatic rings. The highest BCUT2D eigenvalue weighted by Gasteiger charge is 2.55. The van der Waals surface area contributed by atoms with Crippen LogP contribution in [-0.2, 0) is 16.1 Å². The van der Waals surface area contributed by atoms with Crippen molar-refractivity contribution in [3.8, 4) is 11.1 Å². The first-order valence-corrected chi connectivity index (χ1v) is 11.2. The molecule has 6 rings (SSSR count). The molecule has 1 aromatic heterocycles. The Morgan fingerprint density at radius 2 is 2.00 bits per heavy atom. The van der Waals surface area contributed by atoms with E-state index >= 15 is 0 Å². The van der Waals surface area contributed by atoms with Gasteiger partial charge in [-0.25, -0.2) is 0 Å². The Hall–Kier alpha value is -4.31. The Morgan fingerprint density at radius 1 is 1.26 bits per heavy atom. The van der Waals surface area contributed by atoms with Crippen LogP contribution >= 0.6 is 0 Å². The molecular formula is C25H21N5O5. The maximum Gasteiger partial charge on any atom is 0.286 e. The van der Waals surface area contributed by atoms with Crippen LogP contribution in [0.3, 0.4) is 0 Å². The van der Waals surface area contributed by atoms with Crippen LogP contribution < -0.4 is 15.6 Å². The van der Waals surface area contributed by atoms with Crippen molar-refractivity contribution in [2.75, 3.05) is 5.84 Å². The van der Waals surface area contributed by atoms with Gasteiger partial charge in [-0.15, -0.1) is 9.36 Å². The monoisotopic (exact) mass is 471 g/mol. The van der Waals surface area contributed by atoms with E-state index in [1.807, 2.05) is 12.1 Å². The second-order valence-electron chi connectivity index (χ2n) is 9.18. The Labute approximate surface area is 199 Å². The fraction of sp³-hybridized carbons (Fsp3) is 0.240. The normalized spacial score (nSPS) is 21.0. The van der Waals surface area contributed by atoms with Gasteiger partial charge in [0.25, 0.3) is 6.33 Å². The van der Waals surface area contributed by atoms with E-state index in [1.165, 1.54) is 22.8 Å². The molecule has 1 amide bonds. The number of nitrogens with zero attached hydrogens (tertiary/aromatic N) is 4. The van der Waals surface area contributed by atoms with Gasteiger partial charge in [0.05, 0.1) is 29.7 Å². The van der Waals surface area contributed by atoms with E-state index < -0.39 is 29.9 Å². The van der Waals surface area contributed by atoms with Gasteiger partial charge in [-0.2, -0.15) is 0 Å². The van der Waals surface area contributed by atoms with Crippen molar-refractivity contribution in [3.05, 3.63) is 77.0 Å². The number of nitrogens with two attached hydrogens (primary N) is 1. The number of rotatable bonds is 5. The summed E-state index contributed by atoms with van der Waals surface area (Å²) < 4.78 is 2.87. The number of aliphatic carboxylic acids is 1. The van der Waals surface area contributed by atoms with Crippen LogP contribution in [0.25, 0.3) is 16.7 Å². The first kappa shape index (κ1) is 21.2. The van der Waals surface area contributed by atoms with Gasteiger partial charge in [0.1, 0.15) is 6.54 Å². The van der Waals surface area contributed by atoms with Crippen LogP contribution in [0.15, 0.2) is 54.7 Å². The summed E-state index contributed by atoms with van der Waals surface area (Å²) in [6.07, 6.45) is 2.38. The van der Waals surface area contributed by atoms with E-state index in [0.717, 1.165) is 5.56 Å². The number of hydrogen-bond donors (Lipinski definition) is 2. The van der Waals surface area contributed by atoms with Gasteiger partial charge in [0, 0.05) is 21.8 Å². The number of amides is 1. The molecule has 2 aliphatic heterocycles. The zero-order chi connectivity index (χ0) is 24.6. The smallest absolute Gasteiger partial charge is 0.286 e. The fourth-order valence-electron chi connectivity index (χ4n) is 5.64. The van der Waals surface area contributed by atoms with Gasteiger partial charge in [0.15, 0.2) is 5.78 Å². The predicted molar refractivity (Wildman–Crippen MR) is 119 cm³/mol. The van der Waals surface area contributed by atoms with Crippen LogP contribution in [0, 0.1) is 5.92 Å². The number of nitrogen functional groups attached to an aromatic ring is 1. The molecule has 3 N–H and O–H groups in total. The minimum atomic E-state index is -1.45. The third-order valence-corrected chi connectivity index (χ3v) is 7.11. The van der Waals surface area contributed by atoms with Gasteiger partial charge in [-0.3, -0.25) is 15.4 Å². The first-order chi connectivity index (χ1) is 16.8. The number of aromatic nitrogens is 3. The highest BCUT2D eigenvalue weighted by atomic mass is 16.4. The van der Waals surface area contributed by atoms with Gasteiger partial charge >= 0.3 is 0 Å². The fourth-order valence-corrected chi connectivity index (χ4v) is 5.64. The molecule has 0 spiro atoms. The second-order valence-corrected chi connectivity index (χ2v) is 9.18. The molecule has 10 nitrogen and oxygen atoms in total. The Bertz CT molecular complexity index is 1490. The minimum Gasteiger partial charge on any atom is -0.543 e. The molecule has 3 aliphatic rings. The van der Waals surface area contributed by atoms with Gasteiger partial charge in [0.2, 0.25) is 12.2 Å². The van der Waals surface area contributed by atoms with Crippen LogP contribution in [-0.4, -0.2) is 49.6 Å². The third kappa shape index (κ3) is 2.96. The number of aliphatic hydroxyl groups excluding tert-OH is 1. The molecule has 0 bridgehead atoms. The zero-order valence-corrected chi connectivity index (χ0v) is 18.7. The van der Waals surface area contributed by atoms with Crippen molar-refractivity contribution in [1.29, 1.82) is 0 Å². The summed E-state index contributed by atoms with van der Waals surface area (Å²) in [4.78, 5) is 39.4. The number of benzene rings is 2. The number of fused-ring (bicyclic) bond motifs is 4. The number of ketones is 1. The average molecular weight is 471 g/mol. The third-order valence-electron chi connectivity index (χ3n) is 7.11. The number of aliphatic hydroxyl groups is 1. The standard InChI is InChI=1S/C25H21N5O5/c1-12(31)20-19-8-17(22(25(34)35)30(19)24(20)33)13-6-14(9-29-11-28(26)10-27-29)21-18(7-13)15-4-2-3-5-16(15)23(21)32/h2-7,10-12,19-20,31H,8-9,26H2,1H3/t12-,19-,20-/m1/s1. The molecule has 0 saturated carbocycles. The van der Waals surface area contributed by atoms with Crippen molar-refractivity contribution in [3.63, 3.8) is 0 Å². The maximum atomic E-state index is 13.3. The lowest BCUT2D eigenvalue weighted by atomic mass is 9.82. The van der Waals surface area contributed by atoms with Crippen molar-refractivity contribution in [2.24, 2.45) is 5.92 Å². The Balaban J connectivity index is 1.54. The first-order valence-electron chi connectivity index (χ1n) is 11.2. The lowest BCUT2D eigenvalue weighted by molar-refractivity contribution is -0.639. The molecule has 10 heteroatoms. The molecule has 3 atom stereocenters. The lowest BCUT2D eigenvalue weighted by Crippen LogP contribution is -2.62. The second kappa shape index (κ2) is 7.34. The summed E-state index contributed by atoms with van der Waals surface area (Å²) in [5.74, 6) is 3.09. The Kier molecular flexibility index (Phi) is 4.46. The molecular weight excluding hydrogens is 450 g/mol. The topological polar surface area (TPSA) is 145 Å². The van der Waals surface area contributed by atoms with E-state index in [4.69, 9.17) is 5.84 Å². The summed E-state index contributed by atoms with van der Waals surface area (Å²) in [5, 5.41) is 26.4. The number of carboxylic acid groups (broad SMARTS) is 1. The van der Waals surface area contributed by atoms with Crippen molar-refractivity contribution >= 4 is 23.2 Å². The molecule has 176 valence electrons. The van der Waals surface area contributed by atoms with E-state index in [2.05, 4.69) is 5.10 Å². The number of β-lactam (4-membered cyclic amide) rings is 1. The predicted octanol–water partition coefficient (Wildman–Crippen LogP) is -0.783. The molecule has 0 unspecified atom stereocenters. The number of carboxylic acids is 1. The van der Waals surface area contributed by atoms with Crippen molar-refractivity contribution in [2.45, 2.75) is 32.0 Å². The number of hydrogen-bond acceptors (Lipinski definition) is 7. The van der Waals surface area contributed by atoms with Crippen molar-refractivity contribution in [1.82, 2.24) is 14.7 Å². The molecule has 1 saturated heterocycles. The SMILES string of the molecule is C[C@@H](O)[C@H]1C(=O)N2C(C(=O)[O-])=C(c3cc(Cn4c[n+](N)cn4)c4c(c3)-c3ccccc3C4=O)C[C@H]12. The highest BCUT2D eigenvalue weighted by Crippen LogP contribution is 2.48. The summed E-state index contributed by atoms with van der Waals surface area (Å²) in [6.45, 7) is 1.76. The van der Waals surface area contributed by atoms with E-state index in [-0.39, 0.29) is 24.4 Å². The van der Waals surface area contributed by atoms with Gasteiger partial charge < -0.3 is 19.9 Å². The lowest BCUT2D eigenvalue weighted by Gasteiger charge is -2.45. The maximum absolute atomic E-state index is 13.3. The Morgan fingerprint density at radius 3 is 2.66 bits per heavy atom. The van der Waals surface area contributed by atoms with Gasteiger partial charge in [-0.1, -0.05) is 24.3 Å². The van der Waals surface area contributed by atoms with Crippen LogP contribution in [0.1, 0.15) is 40.4 Å². The van der Waals surface area contributed by atoms with Crippen LogP contribution in [0.5, 0.6) is 0 Å². The number of carbonyl (C=O) groups excluding carboxylic acids is 3. The molecule has 1 fully saturated rings. The molecule has 3 heterocycles. The largest absolute Gasteiger partial charge is 0.543 e. The van der Waals surface area contributed by atoms with Crippen molar-refractivity contribution < 1.29 is 29.3 Å². The van der Waals surface area contributed by atoms with E-state index in [1.54, 1.807) is 35.3 Å². The van der Waals surface area contributed by atoms with Crippen LogP contribution in [0.4, 0.5) is 0 Å². The van der Waals surface area contributed by atoms with E-state index in [0.29, 0.717) is 33.4 Å².